The van der Waals surface area contributed by atoms with Crippen LogP contribution in [0.15, 0.2) is 24.4 Å². The lowest BCUT2D eigenvalue weighted by molar-refractivity contribution is -0.00546. The van der Waals surface area contributed by atoms with Crippen LogP contribution in [0.25, 0.3) is 0 Å². The number of anilines is 1. The van der Waals surface area contributed by atoms with E-state index in [0.717, 1.165) is 30.2 Å². The highest BCUT2D eigenvalue weighted by molar-refractivity contribution is 5.92. The Hall–Kier alpha value is -2.41. The van der Waals surface area contributed by atoms with Crippen LogP contribution in [-0.4, -0.2) is 46.4 Å². The van der Waals surface area contributed by atoms with Crippen molar-refractivity contribution in [2.45, 2.75) is 52.4 Å². The SMILES string of the molecule is CC1CN(c2ccc(CNC(=O)c3cc(C(C)C)[nH]n3)cn2)CC(C)O1. The van der Waals surface area contributed by atoms with Crippen LogP contribution >= 0.6 is 0 Å². The molecular weight excluding hydrogens is 330 g/mol. The van der Waals surface area contributed by atoms with Crippen LogP contribution in [0, 0.1) is 0 Å². The maximum absolute atomic E-state index is 12.2. The van der Waals surface area contributed by atoms with Crippen molar-refractivity contribution in [2.75, 3.05) is 18.0 Å². The van der Waals surface area contributed by atoms with Gasteiger partial charge in [0, 0.05) is 31.5 Å². The molecule has 2 atom stereocenters. The summed E-state index contributed by atoms with van der Waals surface area (Å²) in [6.45, 7) is 10.4. The quantitative estimate of drug-likeness (QED) is 0.859. The fourth-order valence-corrected chi connectivity index (χ4v) is 3.09. The molecule has 3 rings (SSSR count). The molecule has 0 bridgehead atoms. The van der Waals surface area contributed by atoms with E-state index < -0.39 is 0 Å². The fraction of sp³-hybridized carbons (Fsp3) is 0.526. The number of hydrogen-bond donors (Lipinski definition) is 2. The second-order valence-electron chi connectivity index (χ2n) is 7.23. The lowest BCUT2D eigenvalue weighted by Crippen LogP contribution is -2.45. The van der Waals surface area contributed by atoms with Crippen LogP contribution < -0.4 is 10.2 Å². The number of aromatic amines is 1. The van der Waals surface area contributed by atoms with Gasteiger partial charge in [-0.3, -0.25) is 9.89 Å². The Morgan fingerprint density at radius 2 is 2.08 bits per heavy atom. The monoisotopic (exact) mass is 357 g/mol. The third kappa shape index (κ3) is 4.40. The van der Waals surface area contributed by atoms with Crippen molar-refractivity contribution in [2.24, 2.45) is 0 Å². The molecule has 0 spiro atoms. The van der Waals surface area contributed by atoms with E-state index in [0.29, 0.717) is 18.2 Å². The number of hydrogen-bond acceptors (Lipinski definition) is 5. The molecular formula is C19H27N5O2. The van der Waals surface area contributed by atoms with E-state index in [1.54, 1.807) is 6.07 Å². The van der Waals surface area contributed by atoms with Crippen molar-refractivity contribution in [3.63, 3.8) is 0 Å². The van der Waals surface area contributed by atoms with Crippen LogP contribution in [-0.2, 0) is 11.3 Å². The molecule has 2 aromatic rings. The van der Waals surface area contributed by atoms with Crippen molar-refractivity contribution in [1.29, 1.82) is 0 Å². The zero-order chi connectivity index (χ0) is 18.7. The van der Waals surface area contributed by atoms with Gasteiger partial charge in [-0.05, 0) is 37.5 Å². The standard InChI is InChI=1S/C19H27N5O2/c1-12(2)16-7-17(23-22-16)19(25)21-9-15-5-6-18(20-8-15)24-10-13(3)26-14(4)11-24/h5-8,12-14H,9-11H2,1-4H3,(H,21,25)(H,22,23). The summed E-state index contributed by atoms with van der Waals surface area (Å²) in [5.41, 5.74) is 2.32. The molecule has 0 aliphatic carbocycles. The molecule has 2 unspecified atom stereocenters. The number of rotatable bonds is 5. The molecule has 0 radical (unpaired) electrons. The Labute approximate surface area is 154 Å². The molecule has 7 nitrogen and oxygen atoms in total. The first-order chi connectivity index (χ1) is 12.4. The third-order valence-corrected chi connectivity index (χ3v) is 4.46. The predicted molar refractivity (Wildman–Crippen MR) is 100 cm³/mol. The van der Waals surface area contributed by atoms with Crippen molar-refractivity contribution in [1.82, 2.24) is 20.5 Å². The Balaban J connectivity index is 1.56. The van der Waals surface area contributed by atoms with Crippen LogP contribution in [0.4, 0.5) is 5.82 Å². The first kappa shape index (κ1) is 18.4. The minimum Gasteiger partial charge on any atom is -0.372 e. The highest BCUT2D eigenvalue weighted by atomic mass is 16.5. The van der Waals surface area contributed by atoms with Gasteiger partial charge >= 0.3 is 0 Å². The molecule has 3 heterocycles. The second-order valence-corrected chi connectivity index (χ2v) is 7.23. The number of amides is 1. The number of morpholine rings is 1. The minimum atomic E-state index is -0.187. The number of pyridine rings is 1. The summed E-state index contributed by atoms with van der Waals surface area (Å²) < 4.78 is 5.76. The molecule has 7 heteroatoms. The van der Waals surface area contributed by atoms with Crippen molar-refractivity contribution in [3.8, 4) is 0 Å². The minimum absolute atomic E-state index is 0.187. The molecule has 1 fully saturated rings. The number of carbonyl (C=O) groups excluding carboxylic acids is 1. The smallest absolute Gasteiger partial charge is 0.272 e. The van der Waals surface area contributed by atoms with Crippen LogP contribution in [0.1, 0.15) is 55.4 Å². The Morgan fingerprint density at radius 3 is 2.65 bits per heavy atom. The highest BCUT2D eigenvalue weighted by Gasteiger charge is 2.23. The van der Waals surface area contributed by atoms with Gasteiger partial charge < -0.3 is 15.0 Å². The summed E-state index contributed by atoms with van der Waals surface area (Å²) in [5.74, 6) is 1.07. The Morgan fingerprint density at radius 1 is 1.35 bits per heavy atom. The van der Waals surface area contributed by atoms with E-state index >= 15 is 0 Å². The average molecular weight is 357 g/mol. The van der Waals surface area contributed by atoms with E-state index in [4.69, 9.17) is 4.74 Å². The van der Waals surface area contributed by atoms with Crippen LogP contribution in [0.2, 0.25) is 0 Å². The van der Waals surface area contributed by atoms with Gasteiger partial charge in [-0.2, -0.15) is 5.10 Å². The maximum atomic E-state index is 12.2. The Bertz CT molecular complexity index is 731. The molecule has 26 heavy (non-hydrogen) atoms. The number of ether oxygens (including phenoxy) is 1. The molecule has 0 saturated carbocycles. The first-order valence-corrected chi connectivity index (χ1v) is 9.11. The van der Waals surface area contributed by atoms with Crippen LogP contribution in [0.5, 0.6) is 0 Å². The lowest BCUT2D eigenvalue weighted by Gasteiger charge is -2.36. The molecule has 140 valence electrons. The maximum Gasteiger partial charge on any atom is 0.272 e. The summed E-state index contributed by atoms with van der Waals surface area (Å²) in [7, 11) is 0. The summed E-state index contributed by atoms with van der Waals surface area (Å²) in [6.07, 6.45) is 2.21. The first-order valence-electron chi connectivity index (χ1n) is 9.11. The number of H-pyrrole nitrogens is 1. The summed E-state index contributed by atoms with van der Waals surface area (Å²) in [4.78, 5) is 19.0. The van der Waals surface area contributed by atoms with Crippen molar-refractivity contribution >= 4 is 11.7 Å². The zero-order valence-electron chi connectivity index (χ0n) is 15.8. The van der Waals surface area contributed by atoms with E-state index in [1.165, 1.54) is 0 Å². The highest BCUT2D eigenvalue weighted by Crippen LogP contribution is 2.18. The third-order valence-electron chi connectivity index (χ3n) is 4.46. The van der Waals surface area contributed by atoms with Gasteiger partial charge in [-0.1, -0.05) is 19.9 Å². The van der Waals surface area contributed by atoms with Gasteiger partial charge in [-0.25, -0.2) is 4.98 Å². The van der Waals surface area contributed by atoms with Gasteiger partial charge in [0.2, 0.25) is 0 Å². The molecule has 1 saturated heterocycles. The van der Waals surface area contributed by atoms with Gasteiger partial charge in [-0.15, -0.1) is 0 Å². The summed E-state index contributed by atoms with van der Waals surface area (Å²) >= 11 is 0. The average Bonchev–Trinajstić information content (AvgIpc) is 3.10. The molecule has 1 aliphatic heterocycles. The molecule has 1 aliphatic rings. The number of nitrogens with zero attached hydrogens (tertiary/aromatic N) is 3. The number of carbonyl (C=O) groups is 1. The number of nitrogens with one attached hydrogen (secondary N) is 2. The lowest BCUT2D eigenvalue weighted by atomic mass is 10.1. The molecule has 2 N–H and O–H groups in total. The van der Waals surface area contributed by atoms with E-state index in [9.17, 15) is 4.79 Å². The number of aromatic nitrogens is 3. The molecule has 0 aromatic carbocycles. The van der Waals surface area contributed by atoms with Crippen LogP contribution in [0.3, 0.4) is 0 Å². The van der Waals surface area contributed by atoms with E-state index in [1.807, 2.05) is 18.3 Å². The largest absolute Gasteiger partial charge is 0.372 e. The van der Waals surface area contributed by atoms with Crippen molar-refractivity contribution in [3.05, 3.63) is 41.3 Å². The van der Waals surface area contributed by atoms with Gasteiger partial charge in [0.1, 0.15) is 11.5 Å². The molecule has 1 amide bonds. The van der Waals surface area contributed by atoms with E-state index in [-0.39, 0.29) is 18.1 Å². The molecule has 2 aromatic heterocycles. The normalized spacial score (nSPS) is 20.4. The van der Waals surface area contributed by atoms with E-state index in [2.05, 4.69) is 53.1 Å². The second kappa shape index (κ2) is 7.86. The van der Waals surface area contributed by atoms with Crippen molar-refractivity contribution < 1.29 is 9.53 Å². The summed E-state index contributed by atoms with van der Waals surface area (Å²) in [6, 6.07) is 5.79. The van der Waals surface area contributed by atoms with Gasteiger partial charge in [0.25, 0.3) is 5.91 Å². The predicted octanol–water partition coefficient (Wildman–Crippen LogP) is 2.47. The van der Waals surface area contributed by atoms with Gasteiger partial charge in [0.15, 0.2) is 0 Å². The van der Waals surface area contributed by atoms with Gasteiger partial charge in [0.05, 0.1) is 12.2 Å². The Kier molecular flexibility index (Phi) is 5.56. The summed E-state index contributed by atoms with van der Waals surface area (Å²) in [5, 5.41) is 9.85. The zero-order valence-corrected chi connectivity index (χ0v) is 15.8. The fourth-order valence-electron chi connectivity index (χ4n) is 3.09. The topological polar surface area (TPSA) is 83.1 Å².